The highest BCUT2D eigenvalue weighted by atomic mass is 32.3. The van der Waals surface area contributed by atoms with Gasteiger partial charge in [0.1, 0.15) is 30.5 Å². The van der Waals surface area contributed by atoms with E-state index in [4.69, 9.17) is 18.9 Å². The van der Waals surface area contributed by atoms with Gasteiger partial charge in [-0.3, -0.25) is 9.35 Å². The third-order valence-corrected chi connectivity index (χ3v) is 12.5. The number of hydrogen-bond acceptors (Lipinski definition) is 11. The predicted octanol–water partition coefficient (Wildman–Crippen LogP) is 13.2. The Labute approximate surface area is 425 Å². The van der Waals surface area contributed by atoms with Crippen LogP contribution in [0.15, 0.2) is 85.1 Å². The molecule has 6 atom stereocenters. The van der Waals surface area contributed by atoms with Crippen LogP contribution in [0.5, 0.6) is 0 Å². The largest absolute Gasteiger partial charge is 0.457 e. The van der Waals surface area contributed by atoms with Crippen molar-refractivity contribution < 1.29 is 56.2 Å². The van der Waals surface area contributed by atoms with E-state index in [2.05, 4.69) is 103 Å². The van der Waals surface area contributed by atoms with Crippen LogP contribution in [-0.2, 0) is 38.3 Å². The smallest absolute Gasteiger partial charge is 0.397 e. The van der Waals surface area contributed by atoms with Crippen molar-refractivity contribution in [2.45, 2.75) is 243 Å². The lowest BCUT2D eigenvalue weighted by Gasteiger charge is -2.41. The van der Waals surface area contributed by atoms with Crippen molar-refractivity contribution in [1.82, 2.24) is 0 Å². The van der Waals surface area contributed by atoms with Crippen LogP contribution in [0.3, 0.4) is 0 Å². The molecule has 0 aromatic rings. The fourth-order valence-corrected chi connectivity index (χ4v) is 8.43. The molecule has 13 heteroatoms. The SMILES string of the molecule is CC/C=C\C/C=C\C/C=C\C/C=C\C/C=C\C/C=C\CCCOCC(COC1OC(CO)C(O)C(OS(=O)(=O)O)C1O)OC(=O)CCCCCCCCCCCCC/C=C\CCCCCCCCCC. The Morgan fingerprint density at radius 3 is 1.46 bits per heavy atom. The van der Waals surface area contributed by atoms with Gasteiger partial charge in [0, 0.05) is 13.0 Å². The maximum atomic E-state index is 12.9. The van der Waals surface area contributed by atoms with Gasteiger partial charge in [-0.1, -0.05) is 202 Å². The first kappa shape index (κ1) is 65.3. The molecule has 404 valence electrons. The minimum absolute atomic E-state index is 0.00818. The summed E-state index contributed by atoms with van der Waals surface area (Å²) in [6.07, 6.45) is 54.9. The first-order valence-corrected chi connectivity index (χ1v) is 28.7. The van der Waals surface area contributed by atoms with Gasteiger partial charge < -0.3 is 34.3 Å². The third-order valence-electron chi connectivity index (χ3n) is 12.0. The summed E-state index contributed by atoms with van der Waals surface area (Å²) in [6.45, 7) is 3.74. The van der Waals surface area contributed by atoms with Crippen molar-refractivity contribution in [3.8, 4) is 0 Å². The minimum Gasteiger partial charge on any atom is -0.457 e. The molecule has 70 heavy (non-hydrogen) atoms. The second-order valence-corrected chi connectivity index (χ2v) is 19.5. The van der Waals surface area contributed by atoms with Crippen LogP contribution in [0.4, 0.5) is 0 Å². The summed E-state index contributed by atoms with van der Waals surface area (Å²) >= 11 is 0. The van der Waals surface area contributed by atoms with Crippen molar-refractivity contribution in [2.75, 3.05) is 26.4 Å². The second kappa shape index (κ2) is 47.3. The molecule has 1 aliphatic heterocycles. The molecule has 0 aliphatic carbocycles. The number of carbonyl (C=O) groups is 1. The number of esters is 1. The van der Waals surface area contributed by atoms with E-state index in [0.29, 0.717) is 13.0 Å². The van der Waals surface area contributed by atoms with Crippen LogP contribution >= 0.6 is 0 Å². The average Bonchev–Trinajstić information content (AvgIpc) is 3.34. The standard InChI is InChI=1S/C57H98O12S/c1-3-5-7-9-11-13-15-17-19-21-23-25-26-27-28-30-32-34-36-38-40-42-44-46-53(59)67-51(50-66-57-55(61)56(69-70(62,63)64)54(60)52(48-58)68-57)49-65-47-45-43-41-39-37-35-33-31-29-24-22-20-18-16-14-12-10-8-6-4-2/h6,8,12,14,18,20-21,23-24,29,33,35,39,41,51-52,54-58,60-61H,3-5,7,9-11,13,15-17,19,22,25-28,30-32,34,36-38,40,42-50H2,1-2H3,(H,62,63,64)/b8-6-,14-12-,20-18-,23-21-,29-24-,35-33-,41-39-. The van der Waals surface area contributed by atoms with Crippen LogP contribution in [0, 0.1) is 0 Å². The lowest BCUT2D eigenvalue weighted by Crippen LogP contribution is -2.60. The van der Waals surface area contributed by atoms with Crippen LogP contribution in [0.2, 0.25) is 0 Å². The van der Waals surface area contributed by atoms with Crippen molar-refractivity contribution in [3.05, 3.63) is 85.1 Å². The summed E-state index contributed by atoms with van der Waals surface area (Å²) in [5.74, 6) is -0.421. The van der Waals surface area contributed by atoms with Gasteiger partial charge in [-0.2, -0.15) is 8.42 Å². The Kier molecular flexibility index (Phi) is 44.1. The highest BCUT2D eigenvalue weighted by Crippen LogP contribution is 2.26. The summed E-state index contributed by atoms with van der Waals surface area (Å²) in [5, 5.41) is 30.8. The summed E-state index contributed by atoms with van der Waals surface area (Å²) in [6, 6.07) is 0. The molecule has 6 unspecified atom stereocenters. The summed E-state index contributed by atoms with van der Waals surface area (Å²) in [4.78, 5) is 12.9. The first-order valence-electron chi connectivity index (χ1n) is 27.3. The molecule has 0 amide bonds. The van der Waals surface area contributed by atoms with Crippen LogP contribution < -0.4 is 0 Å². The zero-order valence-electron chi connectivity index (χ0n) is 43.6. The zero-order valence-corrected chi connectivity index (χ0v) is 44.4. The van der Waals surface area contributed by atoms with E-state index in [1.54, 1.807) is 0 Å². The summed E-state index contributed by atoms with van der Waals surface area (Å²) in [5.41, 5.74) is 0. The number of allylic oxidation sites excluding steroid dienone is 14. The zero-order chi connectivity index (χ0) is 51.0. The Morgan fingerprint density at radius 2 is 0.986 bits per heavy atom. The lowest BCUT2D eigenvalue weighted by atomic mass is 9.99. The average molecular weight is 1010 g/mol. The van der Waals surface area contributed by atoms with E-state index in [1.165, 1.54) is 109 Å². The van der Waals surface area contributed by atoms with Crippen LogP contribution in [0.25, 0.3) is 0 Å². The van der Waals surface area contributed by atoms with Gasteiger partial charge in [0.05, 0.1) is 19.8 Å². The highest BCUT2D eigenvalue weighted by molar-refractivity contribution is 7.80. The van der Waals surface area contributed by atoms with E-state index in [0.717, 1.165) is 70.6 Å². The van der Waals surface area contributed by atoms with E-state index >= 15 is 0 Å². The third kappa shape index (κ3) is 39.8. The molecule has 0 aromatic carbocycles. The maximum absolute atomic E-state index is 12.9. The molecular formula is C57H98O12S. The molecule has 0 radical (unpaired) electrons. The van der Waals surface area contributed by atoms with Crippen molar-refractivity contribution in [3.63, 3.8) is 0 Å². The lowest BCUT2D eigenvalue weighted by molar-refractivity contribution is -0.301. The maximum Gasteiger partial charge on any atom is 0.397 e. The van der Waals surface area contributed by atoms with E-state index in [-0.39, 0.29) is 19.6 Å². The predicted molar refractivity (Wildman–Crippen MR) is 285 cm³/mol. The molecule has 0 spiro atoms. The van der Waals surface area contributed by atoms with E-state index in [9.17, 15) is 33.1 Å². The molecule has 1 fully saturated rings. The number of hydrogen-bond donors (Lipinski definition) is 4. The Bertz CT molecular complexity index is 1540. The molecule has 1 aliphatic rings. The number of aliphatic hydroxyl groups is 3. The quantitative estimate of drug-likeness (QED) is 0.0197. The van der Waals surface area contributed by atoms with Crippen LogP contribution in [0.1, 0.15) is 206 Å². The first-order chi connectivity index (χ1) is 34.1. The van der Waals surface area contributed by atoms with Crippen LogP contribution in [-0.4, -0.2) is 97.5 Å². The fraction of sp³-hybridized carbons (Fsp3) is 0.737. The van der Waals surface area contributed by atoms with Crippen molar-refractivity contribution in [1.29, 1.82) is 0 Å². The number of aliphatic hydroxyl groups excluding tert-OH is 3. The number of rotatable bonds is 47. The van der Waals surface area contributed by atoms with Gasteiger partial charge >= 0.3 is 16.4 Å². The molecule has 1 rings (SSSR count). The van der Waals surface area contributed by atoms with Crippen molar-refractivity contribution >= 4 is 16.4 Å². The monoisotopic (exact) mass is 1010 g/mol. The Balaban J connectivity index is 2.37. The van der Waals surface area contributed by atoms with Gasteiger partial charge in [-0.15, -0.1) is 0 Å². The summed E-state index contributed by atoms with van der Waals surface area (Å²) < 4.78 is 59.2. The van der Waals surface area contributed by atoms with Gasteiger partial charge in [-0.25, -0.2) is 4.18 Å². The van der Waals surface area contributed by atoms with Gasteiger partial charge in [0.15, 0.2) is 6.29 Å². The van der Waals surface area contributed by atoms with E-state index < -0.39 is 59.8 Å². The highest BCUT2D eigenvalue weighted by Gasteiger charge is 2.48. The van der Waals surface area contributed by atoms with Gasteiger partial charge in [0.2, 0.25) is 0 Å². The molecule has 4 N–H and O–H groups in total. The van der Waals surface area contributed by atoms with E-state index in [1.807, 2.05) is 0 Å². The van der Waals surface area contributed by atoms with Crippen molar-refractivity contribution in [2.24, 2.45) is 0 Å². The molecule has 0 saturated carbocycles. The fourth-order valence-electron chi connectivity index (χ4n) is 7.92. The molecule has 1 saturated heterocycles. The topological polar surface area (TPSA) is 178 Å². The summed E-state index contributed by atoms with van der Waals surface area (Å²) in [7, 11) is -5.08. The molecule has 0 aromatic heterocycles. The number of ether oxygens (including phenoxy) is 4. The Hall–Kier alpha value is -2.72. The van der Waals surface area contributed by atoms with Gasteiger partial charge in [-0.05, 0) is 83.5 Å². The number of carbonyl (C=O) groups excluding carboxylic acids is 1. The normalized spacial score (nSPS) is 19.8. The Morgan fingerprint density at radius 1 is 0.557 bits per heavy atom. The minimum atomic E-state index is -5.08. The van der Waals surface area contributed by atoms with Gasteiger partial charge in [0.25, 0.3) is 0 Å². The molecule has 1 heterocycles. The molecular weight excluding hydrogens is 909 g/mol. The molecule has 0 bridgehead atoms. The number of unbranched alkanes of at least 4 members (excludes halogenated alkanes) is 20. The molecule has 12 nitrogen and oxygen atoms in total. The second-order valence-electron chi connectivity index (χ2n) is 18.4.